The second-order valence-corrected chi connectivity index (χ2v) is 12.1. The lowest BCUT2D eigenvalue weighted by Crippen LogP contribution is -2.41. The van der Waals surface area contributed by atoms with Crippen LogP contribution in [0.2, 0.25) is 0 Å². The molecule has 2 aliphatic heterocycles. The molecule has 0 unspecified atom stereocenters. The second-order valence-electron chi connectivity index (χ2n) is 12.1. The number of benzene rings is 3. The van der Waals surface area contributed by atoms with Gasteiger partial charge in [0.15, 0.2) is 0 Å². The van der Waals surface area contributed by atoms with Crippen molar-refractivity contribution in [2.24, 2.45) is 5.92 Å². The molecule has 3 fully saturated rings. The largest absolute Gasteiger partial charge is 0.446 e. The topological polar surface area (TPSA) is 67.7 Å². The van der Waals surface area contributed by atoms with E-state index >= 15 is 0 Å². The van der Waals surface area contributed by atoms with Crippen molar-refractivity contribution in [3.63, 3.8) is 0 Å². The molecule has 216 valence electrons. The van der Waals surface area contributed by atoms with Crippen LogP contribution in [0.5, 0.6) is 0 Å². The Labute approximate surface area is 247 Å². The number of rotatable bonds is 7. The van der Waals surface area contributed by atoms with E-state index in [4.69, 9.17) is 9.84 Å². The van der Waals surface area contributed by atoms with Gasteiger partial charge in [-0.25, -0.2) is 9.69 Å². The van der Waals surface area contributed by atoms with E-state index < -0.39 is 12.1 Å². The van der Waals surface area contributed by atoms with E-state index in [1.54, 1.807) is 0 Å². The van der Waals surface area contributed by atoms with E-state index in [1.807, 2.05) is 36.4 Å². The molecular formula is C35H38N4O3. The summed E-state index contributed by atoms with van der Waals surface area (Å²) in [5, 5.41) is 6.28. The first-order valence-electron chi connectivity index (χ1n) is 15.4. The van der Waals surface area contributed by atoms with Crippen molar-refractivity contribution in [3.05, 3.63) is 101 Å². The number of carbonyl (C=O) groups is 2. The maximum Gasteiger partial charge on any atom is 0.417 e. The Morgan fingerprint density at radius 2 is 1.67 bits per heavy atom. The standard InChI is InChI=1S/C35H38N4O3/c1-2-31-28-18-17-26(19-32(28)39(36-31)27-15-9-10-16-27)29-21-37(20-24-11-5-3-6-12-24)22-30(29)34(40)38-33(23-42-35(38)41)25-13-7-4-8-14-25/h3-8,11-14,17-19,27,29-30,33H,2,9-10,15-16,20-23H2,1H3/t29-,30+,33-/m0/s1. The van der Waals surface area contributed by atoms with Gasteiger partial charge in [0, 0.05) is 30.9 Å². The maximum absolute atomic E-state index is 14.4. The number of aromatic nitrogens is 2. The van der Waals surface area contributed by atoms with Gasteiger partial charge in [-0.3, -0.25) is 14.4 Å². The zero-order valence-electron chi connectivity index (χ0n) is 24.2. The van der Waals surface area contributed by atoms with Crippen molar-refractivity contribution in [1.82, 2.24) is 19.6 Å². The van der Waals surface area contributed by atoms with Crippen molar-refractivity contribution in [1.29, 1.82) is 0 Å². The Hall–Kier alpha value is -3.97. The quantitative estimate of drug-likeness (QED) is 0.252. The third-order valence-electron chi connectivity index (χ3n) is 9.50. The summed E-state index contributed by atoms with van der Waals surface area (Å²) in [6, 6.07) is 26.9. The maximum atomic E-state index is 14.4. The van der Waals surface area contributed by atoms with Crippen LogP contribution < -0.4 is 0 Å². The van der Waals surface area contributed by atoms with Crippen LogP contribution in [-0.2, 0) is 22.5 Å². The third-order valence-corrected chi connectivity index (χ3v) is 9.50. The fourth-order valence-corrected chi connectivity index (χ4v) is 7.35. The van der Waals surface area contributed by atoms with E-state index in [9.17, 15) is 9.59 Å². The van der Waals surface area contributed by atoms with Gasteiger partial charge in [-0.2, -0.15) is 5.10 Å². The fraction of sp³-hybridized carbons (Fsp3) is 0.400. The highest BCUT2D eigenvalue weighted by molar-refractivity contribution is 5.96. The Morgan fingerprint density at radius 1 is 0.929 bits per heavy atom. The minimum absolute atomic E-state index is 0.0487. The van der Waals surface area contributed by atoms with Crippen molar-refractivity contribution in [2.75, 3.05) is 19.7 Å². The van der Waals surface area contributed by atoms with Crippen molar-refractivity contribution in [3.8, 4) is 0 Å². The molecule has 7 rings (SSSR count). The number of ether oxygens (including phenoxy) is 1. The van der Waals surface area contributed by atoms with Gasteiger partial charge >= 0.3 is 6.09 Å². The highest BCUT2D eigenvalue weighted by atomic mass is 16.6. The molecule has 42 heavy (non-hydrogen) atoms. The number of amides is 2. The molecular weight excluding hydrogens is 524 g/mol. The van der Waals surface area contributed by atoms with Crippen LogP contribution >= 0.6 is 0 Å². The number of nitrogens with zero attached hydrogens (tertiary/aromatic N) is 4. The predicted molar refractivity (Wildman–Crippen MR) is 162 cm³/mol. The molecule has 3 aliphatic rings. The lowest BCUT2D eigenvalue weighted by Gasteiger charge is -2.26. The van der Waals surface area contributed by atoms with E-state index in [0.717, 1.165) is 49.2 Å². The van der Waals surface area contributed by atoms with E-state index in [-0.39, 0.29) is 24.3 Å². The van der Waals surface area contributed by atoms with Crippen molar-refractivity contribution in [2.45, 2.75) is 63.6 Å². The molecule has 0 spiro atoms. The van der Waals surface area contributed by atoms with E-state index in [0.29, 0.717) is 12.6 Å². The van der Waals surface area contributed by atoms with Crippen LogP contribution in [0.4, 0.5) is 4.79 Å². The van der Waals surface area contributed by atoms with Crippen LogP contribution in [0.15, 0.2) is 78.9 Å². The van der Waals surface area contributed by atoms with Gasteiger partial charge in [0.25, 0.3) is 0 Å². The van der Waals surface area contributed by atoms with Gasteiger partial charge in [0.1, 0.15) is 12.6 Å². The molecule has 7 heteroatoms. The zero-order chi connectivity index (χ0) is 28.6. The monoisotopic (exact) mass is 562 g/mol. The van der Waals surface area contributed by atoms with Gasteiger partial charge in [-0.05, 0) is 42.0 Å². The predicted octanol–water partition coefficient (Wildman–Crippen LogP) is 6.65. The summed E-state index contributed by atoms with van der Waals surface area (Å²) < 4.78 is 7.73. The molecule has 3 aromatic carbocycles. The zero-order valence-corrected chi connectivity index (χ0v) is 24.2. The first-order chi connectivity index (χ1) is 20.6. The molecule has 3 heterocycles. The minimum Gasteiger partial charge on any atom is -0.446 e. The van der Waals surface area contributed by atoms with Crippen LogP contribution in [0.1, 0.15) is 73.0 Å². The molecule has 4 aromatic rings. The van der Waals surface area contributed by atoms with E-state index in [1.165, 1.54) is 34.2 Å². The third kappa shape index (κ3) is 4.90. The lowest BCUT2D eigenvalue weighted by atomic mass is 9.87. The molecule has 0 N–H and O–H groups in total. The second kappa shape index (κ2) is 11.4. The Balaban J connectivity index is 1.26. The number of carbonyl (C=O) groups excluding carboxylic acids is 2. The normalized spacial score (nSPS) is 23.2. The summed E-state index contributed by atoms with van der Waals surface area (Å²) in [5.74, 6) is -0.561. The number of hydrogen-bond acceptors (Lipinski definition) is 5. The van der Waals surface area contributed by atoms with Gasteiger partial charge < -0.3 is 4.74 Å². The van der Waals surface area contributed by atoms with Crippen LogP contribution in [-0.4, -0.2) is 51.3 Å². The average molecular weight is 563 g/mol. The molecule has 2 amide bonds. The highest BCUT2D eigenvalue weighted by Crippen LogP contribution is 2.40. The van der Waals surface area contributed by atoms with Crippen molar-refractivity contribution < 1.29 is 14.3 Å². The molecule has 2 saturated heterocycles. The van der Waals surface area contributed by atoms with Gasteiger partial charge in [-0.15, -0.1) is 0 Å². The molecule has 0 bridgehead atoms. The summed E-state index contributed by atoms with van der Waals surface area (Å²) in [5.41, 5.74) is 5.59. The summed E-state index contributed by atoms with van der Waals surface area (Å²) in [7, 11) is 0. The van der Waals surface area contributed by atoms with Crippen LogP contribution in [0.3, 0.4) is 0 Å². The average Bonchev–Trinajstić information content (AvgIpc) is 3.83. The Kier molecular flexibility index (Phi) is 7.28. The SMILES string of the molecule is CCc1nn(C2CCCC2)c2cc([C@@H]3CN(Cc4ccccc4)C[C@H]3C(=O)N3C(=O)OC[C@H]3c3ccccc3)ccc12. The number of imide groups is 1. The number of hydrogen-bond donors (Lipinski definition) is 0. The molecule has 3 atom stereocenters. The van der Waals surface area contributed by atoms with Crippen LogP contribution in [0.25, 0.3) is 10.9 Å². The summed E-state index contributed by atoms with van der Waals surface area (Å²) in [4.78, 5) is 31.2. The van der Waals surface area contributed by atoms with Gasteiger partial charge in [-0.1, -0.05) is 92.6 Å². The van der Waals surface area contributed by atoms with Gasteiger partial charge in [0.2, 0.25) is 5.91 Å². The molecule has 1 aliphatic carbocycles. The van der Waals surface area contributed by atoms with Crippen LogP contribution in [0, 0.1) is 5.92 Å². The lowest BCUT2D eigenvalue weighted by molar-refractivity contribution is -0.133. The molecule has 1 aromatic heterocycles. The Bertz CT molecular complexity index is 1580. The summed E-state index contributed by atoms with van der Waals surface area (Å²) >= 11 is 0. The Morgan fingerprint density at radius 3 is 2.40 bits per heavy atom. The van der Waals surface area contributed by atoms with Gasteiger partial charge in [0.05, 0.1) is 23.2 Å². The highest BCUT2D eigenvalue weighted by Gasteiger charge is 2.47. The number of aryl methyl sites for hydroxylation is 1. The van der Waals surface area contributed by atoms with Crippen molar-refractivity contribution >= 4 is 22.9 Å². The fourth-order valence-electron chi connectivity index (χ4n) is 7.35. The first kappa shape index (κ1) is 26.9. The smallest absolute Gasteiger partial charge is 0.417 e. The summed E-state index contributed by atoms with van der Waals surface area (Å²) in [6.45, 7) is 4.44. The molecule has 1 saturated carbocycles. The minimum atomic E-state index is -0.545. The molecule has 7 nitrogen and oxygen atoms in total. The van der Waals surface area contributed by atoms with E-state index in [2.05, 4.69) is 59.0 Å². The molecule has 0 radical (unpaired) electrons. The summed E-state index contributed by atoms with van der Waals surface area (Å²) in [6.07, 6.45) is 5.17. The first-order valence-corrected chi connectivity index (χ1v) is 15.4. The number of fused-ring (bicyclic) bond motifs is 1. The number of likely N-dealkylation sites (tertiary alicyclic amines) is 1. The number of cyclic esters (lactones) is 1.